The van der Waals surface area contributed by atoms with Gasteiger partial charge in [-0.25, -0.2) is 0 Å². The van der Waals surface area contributed by atoms with Gasteiger partial charge in [-0.1, -0.05) is 36.4 Å². The summed E-state index contributed by atoms with van der Waals surface area (Å²) in [6.07, 6.45) is 1.86. The first-order valence-electron chi connectivity index (χ1n) is 8.05. The van der Waals surface area contributed by atoms with Gasteiger partial charge in [-0.2, -0.15) is 0 Å². The van der Waals surface area contributed by atoms with Crippen molar-refractivity contribution in [2.75, 3.05) is 31.2 Å². The molecule has 1 aromatic rings. The Kier molecular flexibility index (Phi) is 7.65. The van der Waals surface area contributed by atoms with E-state index in [-0.39, 0.29) is 18.1 Å². The van der Waals surface area contributed by atoms with Crippen LogP contribution < -0.4 is 5.32 Å². The van der Waals surface area contributed by atoms with Crippen molar-refractivity contribution in [2.45, 2.75) is 25.6 Å². The summed E-state index contributed by atoms with van der Waals surface area (Å²) < 4.78 is 5.85. The first-order chi connectivity index (χ1) is 11.2. The molecule has 1 aliphatic rings. The van der Waals surface area contributed by atoms with Crippen molar-refractivity contribution >= 4 is 17.7 Å². The van der Waals surface area contributed by atoms with Gasteiger partial charge in [-0.05, 0) is 12.5 Å². The van der Waals surface area contributed by atoms with E-state index in [9.17, 15) is 4.79 Å². The van der Waals surface area contributed by atoms with E-state index < -0.39 is 0 Å². The fourth-order valence-electron chi connectivity index (χ4n) is 2.64. The minimum atomic E-state index is 0.0189. The Bertz CT molecular complexity index is 495. The lowest BCUT2D eigenvalue weighted by molar-refractivity contribution is -0.121. The molecule has 0 spiro atoms. The van der Waals surface area contributed by atoms with Gasteiger partial charge in [-0.15, -0.1) is 18.3 Å². The molecule has 1 aliphatic heterocycles. The number of hydrogen-bond donors (Lipinski definition) is 1. The zero-order valence-corrected chi connectivity index (χ0v) is 14.6. The second kappa shape index (κ2) is 9.75. The Hall–Kier alpha value is -1.30. The lowest BCUT2D eigenvalue weighted by Crippen LogP contribution is -2.52. The quantitative estimate of drug-likeness (QED) is 0.585. The minimum Gasteiger partial charge on any atom is -0.373 e. The Morgan fingerprint density at radius 1 is 1.52 bits per heavy atom. The molecule has 1 saturated heterocycles. The number of benzene rings is 1. The molecular weight excluding hydrogens is 308 g/mol. The molecule has 1 N–H and O–H groups in total. The summed E-state index contributed by atoms with van der Waals surface area (Å²) in [5.74, 6) is 1.33. The number of ether oxygens (including phenoxy) is 1. The van der Waals surface area contributed by atoms with Crippen LogP contribution in [0.5, 0.6) is 0 Å². The number of amides is 1. The fourth-order valence-corrected chi connectivity index (χ4v) is 3.20. The lowest BCUT2D eigenvalue weighted by Gasteiger charge is -2.36. The number of nitrogens with zero attached hydrogens (tertiary/aromatic N) is 1. The highest BCUT2D eigenvalue weighted by Crippen LogP contribution is 2.13. The van der Waals surface area contributed by atoms with Crippen LogP contribution in [0.15, 0.2) is 43.0 Å². The summed E-state index contributed by atoms with van der Waals surface area (Å²) in [6, 6.07) is 10.5. The molecule has 1 aromatic carbocycles. The molecule has 0 aromatic heterocycles. The van der Waals surface area contributed by atoms with Crippen LogP contribution in [-0.4, -0.2) is 54.2 Å². The highest BCUT2D eigenvalue weighted by atomic mass is 32.2. The fraction of sp³-hybridized carbons (Fsp3) is 0.500. The number of morpholine rings is 1. The van der Waals surface area contributed by atoms with Crippen LogP contribution in [0.1, 0.15) is 12.5 Å². The average molecular weight is 334 g/mol. The van der Waals surface area contributed by atoms with Crippen molar-refractivity contribution in [3.63, 3.8) is 0 Å². The van der Waals surface area contributed by atoms with Gasteiger partial charge in [0.05, 0.1) is 24.5 Å². The molecule has 2 rings (SSSR count). The molecular formula is C18H26N2O2S. The summed E-state index contributed by atoms with van der Waals surface area (Å²) in [5, 5.41) is 3.05. The van der Waals surface area contributed by atoms with Gasteiger partial charge in [-0.3, -0.25) is 9.69 Å². The van der Waals surface area contributed by atoms with Crippen LogP contribution >= 0.6 is 11.8 Å². The summed E-state index contributed by atoms with van der Waals surface area (Å²) >= 11 is 1.57. The van der Waals surface area contributed by atoms with Gasteiger partial charge < -0.3 is 10.1 Å². The third-order valence-electron chi connectivity index (χ3n) is 3.84. The number of rotatable bonds is 8. The molecule has 4 nitrogen and oxygen atoms in total. The molecule has 5 heteroatoms. The highest BCUT2D eigenvalue weighted by Gasteiger charge is 2.26. The second-order valence-corrected chi connectivity index (χ2v) is 6.82. The van der Waals surface area contributed by atoms with E-state index in [1.807, 2.05) is 19.1 Å². The standard InChI is InChI=1S/C18H26N2O2S/c1-3-11-23-14-18(21)19-15(2)17-13-20(9-10-22-17)12-16-7-5-4-6-8-16/h3-8,15,17H,1,9-14H2,2H3,(H,19,21)/t15-,17+/m1/s1. The largest absolute Gasteiger partial charge is 0.373 e. The van der Waals surface area contributed by atoms with E-state index in [1.54, 1.807) is 11.8 Å². The molecule has 1 amide bonds. The molecule has 23 heavy (non-hydrogen) atoms. The molecule has 0 saturated carbocycles. The maximum atomic E-state index is 11.9. The molecule has 0 aliphatic carbocycles. The Morgan fingerprint density at radius 3 is 3.04 bits per heavy atom. The van der Waals surface area contributed by atoms with Crippen molar-refractivity contribution in [3.8, 4) is 0 Å². The number of carbonyl (C=O) groups is 1. The van der Waals surface area contributed by atoms with Gasteiger partial charge in [0.15, 0.2) is 0 Å². The zero-order chi connectivity index (χ0) is 16.5. The summed E-state index contributed by atoms with van der Waals surface area (Å²) in [5.41, 5.74) is 1.31. The molecule has 126 valence electrons. The van der Waals surface area contributed by atoms with Crippen molar-refractivity contribution < 1.29 is 9.53 Å². The molecule has 1 heterocycles. The smallest absolute Gasteiger partial charge is 0.230 e. The maximum absolute atomic E-state index is 11.9. The lowest BCUT2D eigenvalue weighted by atomic mass is 10.1. The van der Waals surface area contributed by atoms with E-state index in [4.69, 9.17) is 4.74 Å². The topological polar surface area (TPSA) is 41.6 Å². The van der Waals surface area contributed by atoms with E-state index in [2.05, 4.69) is 41.1 Å². The monoisotopic (exact) mass is 334 g/mol. The first-order valence-corrected chi connectivity index (χ1v) is 9.20. The Morgan fingerprint density at radius 2 is 2.30 bits per heavy atom. The van der Waals surface area contributed by atoms with Crippen LogP contribution in [0.3, 0.4) is 0 Å². The number of thioether (sulfide) groups is 1. The van der Waals surface area contributed by atoms with Gasteiger partial charge in [0, 0.05) is 25.4 Å². The van der Waals surface area contributed by atoms with Crippen LogP contribution in [0.2, 0.25) is 0 Å². The number of nitrogens with one attached hydrogen (secondary N) is 1. The van der Waals surface area contributed by atoms with Gasteiger partial charge in [0.1, 0.15) is 0 Å². The van der Waals surface area contributed by atoms with Crippen molar-refractivity contribution in [3.05, 3.63) is 48.6 Å². The van der Waals surface area contributed by atoms with E-state index >= 15 is 0 Å². The molecule has 0 radical (unpaired) electrons. The van der Waals surface area contributed by atoms with Crippen molar-refractivity contribution in [1.29, 1.82) is 0 Å². The SMILES string of the molecule is C=CCSCC(=O)N[C@H](C)[C@@H]1CN(Cc2ccccc2)CCO1. The van der Waals surface area contributed by atoms with E-state index in [0.717, 1.165) is 25.4 Å². The zero-order valence-electron chi connectivity index (χ0n) is 13.7. The van der Waals surface area contributed by atoms with Crippen molar-refractivity contribution in [1.82, 2.24) is 10.2 Å². The Labute approximate surface area is 143 Å². The van der Waals surface area contributed by atoms with Crippen LogP contribution in [0.4, 0.5) is 0 Å². The van der Waals surface area contributed by atoms with Gasteiger partial charge in [0.2, 0.25) is 5.91 Å². The first kappa shape index (κ1) is 18.0. The van der Waals surface area contributed by atoms with E-state index in [1.165, 1.54) is 5.56 Å². The second-order valence-electron chi connectivity index (χ2n) is 5.79. The molecule has 2 atom stereocenters. The Balaban J connectivity index is 1.78. The van der Waals surface area contributed by atoms with Crippen LogP contribution in [-0.2, 0) is 16.1 Å². The highest BCUT2D eigenvalue weighted by molar-refractivity contribution is 8.00. The number of hydrogen-bond acceptors (Lipinski definition) is 4. The summed E-state index contributed by atoms with van der Waals surface area (Å²) in [4.78, 5) is 14.3. The number of carbonyl (C=O) groups excluding carboxylic acids is 1. The predicted octanol–water partition coefficient (Wildman–Crippen LogP) is 2.31. The van der Waals surface area contributed by atoms with Gasteiger partial charge in [0.25, 0.3) is 0 Å². The third kappa shape index (κ3) is 6.37. The van der Waals surface area contributed by atoms with Crippen molar-refractivity contribution in [2.24, 2.45) is 0 Å². The summed E-state index contributed by atoms with van der Waals surface area (Å²) in [6.45, 7) is 9.09. The predicted molar refractivity (Wildman–Crippen MR) is 96.6 cm³/mol. The average Bonchev–Trinajstić information content (AvgIpc) is 2.56. The molecule has 0 unspecified atom stereocenters. The van der Waals surface area contributed by atoms with E-state index in [0.29, 0.717) is 12.4 Å². The van der Waals surface area contributed by atoms with Crippen LogP contribution in [0.25, 0.3) is 0 Å². The molecule has 1 fully saturated rings. The van der Waals surface area contributed by atoms with Crippen LogP contribution in [0, 0.1) is 0 Å². The van der Waals surface area contributed by atoms with Gasteiger partial charge >= 0.3 is 0 Å². The maximum Gasteiger partial charge on any atom is 0.230 e. The molecule has 0 bridgehead atoms. The third-order valence-corrected chi connectivity index (χ3v) is 4.78. The minimum absolute atomic E-state index is 0.0189. The summed E-state index contributed by atoms with van der Waals surface area (Å²) in [7, 11) is 0. The normalized spacial score (nSPS) is 20.0.